The van der Waals surface area contributed by atoms with Crippen molar-refractivity contribution in [2.24, 2.45) is 17.8 Å². The molecule has 10 heteroatoms. The molecular weight excluding hydrogens is 763 g/mol. The second kappa shape index (κ2) is 14.5. The minimum absolute atomic E-state index is 0.117. The maximum atomic E-state index is 13.8. The lowest BCUT2D eigenvalue weighted by Gasteiger charge is -2.59. The summed E-state index contributed by atoms with van der Waals surface area (Å²) in [7, 11) is 0. The Hall–Kier alpha value is -2.50. The zero-order chi connectivity index (χ0) is 34.3. The summed E-state index contributed by atoms with van der Waals surface area (Å²) in [5, 5.41) is 10.7. The molecule has 4 aliphatic carbocycles. The number of hydrogen-bond acceptors (Lipinski definition) is 8. The highest BCUT2D eigenvalue weighted by Gasteiger charge is 2.60. The first-order chi connectivity index (χ1) is 24.3. The van der Waals surface area contributed by atoms with Gasteiger partial charge in [-0.3, -0.25) is 9.10 Å². The fourth-order valence-electron chi connectivity index (χ4n) is 9.39. The molecule has 9 rings (SSSR count). The van der Waals surface area contributed by atoms with E-state index < -0.39 is 36.4 Å². The summed E-state index contributed by atoms with van der Waals surface area (Å²) in [6.07, 6.45) is 4.38. The van der Waals surface area contributed by atoms with E-state index in [2.05, 4.69) is 28.7 Å². The van der Waals surface area contributed by atoms with Crippen LogP contribution in [0.5, 0.6) is 0 Å². The molecule has 0 N–H and O–H groups in total. The topological polar surface area (TPSA) is 90.3 Å². The van der Waals surface area contributed by atoms with Crippen LogP contribution in [0.25, 0.3) is 0 Å². The molecular formula is C40H43IN2O6S. The summed E-state index contributed by atoms with van der Waals surface area (Å²) in [6.45, 7) is 1.99. The van der Waals surface area contributed by atoms with Gasteiger partial charge in [0.25, 0.3) is 5.79 Å². The first kappa shape index (κ1) is 34.6. The van der Waals surface area contributed by atoms with Crippen LogP contribution in [-0.4, -0.2) is 58.9 Å². The monoisotopic (exact) mass is 806 g/mol. The van der Waals surface area contributed by atoms with Crippen LogP contribution < -0.4 is 0 Å². The smallest absolute Gasteiger partial charge is 0.264 e. The lowest BCUT2D eigenvalue weighted by molar-refractivity contribution is -0.386. The van der Waals surface area contributed by atoms with Crippen LogP contribution >= 0.6 is 34.5 Å². The van der Waals surface area contributed by atoms with E-state index in [9.17, 15) is 10.1 Å². The lowest BCUT2D eigenvalue weighted by atomic mass is 9.54. The Balaban J connectivity index is 1.18. The Morgan fingerprint density at radius 3 is 2.24 bits per heavy atom. The van der Waals surface area contributed by atoms with Gasteiger partial charge in [0, 0.05) is 21.8 Å². The van der Waals surface area contributed by atoms with Gasteiger partial charge in [0.2, 0.25) is 5.91 Å². The second-order valence-electron chi connectivity index (χ2n) is 14.8. The molecule has 2 aliphatic heterocycles. The van der Waals surface area contributed by atoms with E-state index in [0.717, 1.165) is 38.9 Å². The van der Waals surface area contributed by atoms with E-state index in [1.54, 1.807) is 11.2 Å². The number of ether oxygens (including phenoxy) is 5. The molecule has 2 saturated heterocycles. The molecule has 50 heavy (non-hydrogen) atoms. The number of fused-ring (bicyclic) bond motifs is 1. The molecule has 0 unspecified atom stereocenters. The van der Waals surface area contributed by atoms with Crippen molar-refractivity contribution in [2.45, 2.75) is 105 Å². The Bertz CT molecular complexity index is 1670. The van der Waals surface area contributed by atoms with Crippen molar-refractivity contribution < 1.29 is 28.5 Å². The first-order valence-electron chi connectivity index (χ1n) is 17.8. The molecule has 262 valence electrons. The molecule has 6 aliphatic rings. The highest BCUT2D eigenvalue weighted by atomic mass is 127. The van der Waals surface area contributed by atoms with Gasteiger partial charge in [-0.1, -0.05) is 66.7 Å². The normalized spacial score (nSPS) is 35.6. The summed E-state index contributed by atoms with van der Waals surface area (Å²) in [6, 6.07) is 29.5. The largest absolute Gasteiger partial charge is 0.366 e. The quantitative estimate of drug-likeness (QED) is 0.152. The van der Waals surface area contributed by atoms with Gasteiger partial charge in [-0.2, -0.15) is 5.26 Å². The predicted molar refractivity (Wildman–Crippen MR) is 196 cm³/mol. The van der Waals surface area contributed by atoms with Gasteiger partial charge in [0.05, 0.1) is 18.8 Å². The molecule has 0 aromatic heterocycles. The van der Waals surface area contributed by atoms with Gasteiger partial charge in [-0.05, 0) is 120 Å². The van der Waals surface area contributed by atoms with Gasteiger partial charge in [0.15, 0.2) is 6.29 Å². The molecule has 8 nitrogen and oxygen atoms in total. The maximum Gasteiger partial charge on any atom is 0.264 e. The van der Waals surface area contributed by atoms with Crippen molar-refractivity contribution in [3.05, 3.63) is 99.6 Å². The zero-order valence-electron chi connectivity index (χ0n) is 28.2. The second-order valence-corrected chi connectivity index (χ2v) is 17.0. The van der Waals surface area contributed by atoms with E-state index in [0.29, 0.717) is 24.4 Å². The standard InChI is InChI=1S/C40H43IN2O6S/c1-26(44)43(50-32-13-6-3-7-14-32)35-36-34(24-46-40(25-42,48-36)22-31-12-8-9-15-33(31)41)47-38(37(35)45-23-27-10-4-2-5-11-27)49-39-19-28-16-29(20-39)18-30(17-28)21-39/h2-15,28-30,34-38H,16-24H2,1H3/t28?,29?,30?,34-,35+,36-,37+,38-,39?,40+/m1/s1. The van der Waals surface area contributed by atoms with Gasteiger partial charge in [-0.15, -0.1) is 0 Å². The lowest BCUT2D eigenvalue weighted by Crippen LogP contribution is -2.70. The SMILES string of the molecule is CC(=O)N(Sc1ccccc1)[C@@H]1[C@H](OCc2ccccc2)[C@@H](OC23CC4CC(CC(C4)C2)C3)O[C@@H]2CO[C@@](C#N)(Cc3ccccc3I)O[C@@H]12. The molecule has 1 amide bonds. The fourth-order valence-corrected chi connectivity index (χ4v) is 11.0. The Morgan fingerprint density at radius 2 is 1.60 bits per heavy atom. The van der Waals surface area contributed by atoms with Gasteiger partial charge >= 0.3 is 0 Å². The fraction of sp³-hybridized carbons (Fsp3) is 0.500. The molecule has 3 aromatic rings. The molecule has 3 aromatic carbocycles. The highest BCUT2D eigenvalue weighted by molar-refractivity contribution is 14.1. The Labute approximate surface area is 312 Å². The van der Waals surface area contributed by atoms with Crippen molar-refractivity contribution in [1.82, 2.24) is 4.31 Å². The number of carbonyl (C=O) groups excluding carboxylic acids is 1. The van der Waals surface area contributed by atoms with Crippen LogP contribution in [0.15, 0.2) is 89.8 Å². The molecule has 2 heterocycles. The summed E-state index contributed by atoms with van der Waals surface area (Å²) >= 11 is 3.64. The van der Waals surface area contributed by atoms with E-state index in [4.69, 9.17) is 23.7 Å². The summed E-state index contributed by atoms with van der Waals surface area (Å²) in [5.74, 6) is 0.302. The van der Waals surface area contributed by atoms with Crippen LogP contribution in [0.4, 0.5) is 0 Å². The molecule has 6 fully saturated rings. The van der Waals surface area contributed by atoms with Crippen LogP contribution in [0.3, 0.4) is 0 Å². The first-order valence-corrected chi connectivity index (χ1v) is 19.6. The van der Waals surface area contributed by atoms with Crippen LogP contribution in [0.1, 0.15) is 56.6 Å². The third kappa shape index (κ3) is 7.12. The average molecular weight is 807 g/mol. The average Bonchev–Trinajstić information content (AvgIpc) is 3.11. The van der Waals surface area contributed by atoms with Crippen molar-refractivity contribution in [2.75, 3.05) is 6.61 Å². The van der Waals surface area contributed by atoms with Crippen LogP contribution in [0.2, 0.25) is 0 Å². The van der Waals surface area contributed by atoms with E-state index >= 15 is 0 Å². The van der Waals surface area contributed by atoms with Gasteiger partial charge < -0.3 is 23.7 Å². The minimum atomic E-state index is -1.58. The van der Waals surface area contributed by atoms with E-state index in [-0.39, 0.29) is 24.5 Å². The molecule has 4 bridgehead atoms. The number of carbonyl (C=O) groups is 1. The van der Waals surface area contributed by atoms with Crippen LogP contribution in [0, 0.1) is 32.7 Å². The number of amides is 1. The summed E-state index contributed by atoms with van der Waals surface area (Å²) < 4.78 is 37.0. The Morgan fingerprint density at radius 1 is 0.960 bits per heavy atom. The zero-order valence-corrected chi connectivity index (χ0v) is 31.2. The van der Waals surface area contributed by atoms with Crippen molar-refractivity contribution in [1.29, 1.82) is 5.26 Å². The third-order valence-electron chi connectivity index (χ3n) is 11.1. The highest BCUT2D eigenvalue weighted by Crippen LogP contribution is 2.58. The number of hydrogen-bond donors (Lipinski definition) is 0. The molecule has 4 saturated carbocycles. The minimum Gasteiger partial charge on any atom is -0.366 e. The van der Waals surface area contributed by atoms with Gasteiger partial charge in [-0.25, -0.2) is 0 Å². The van der Waals surface area contributed by atoms with E-state index in [1.165, 1.54) is 31.2 Å². The molecule has 0 spiro atoms. The number of rotatable bonds is 10. The number of benzene rings is 3. The molecule has 6 atom stereocenters. The maximum absolute atomic E-state index is 13.8. The number of nitriles is 1. The number of nitrogens with zero attached hydrogens (tertiary/aromatic N) is 2. The molecule has 0 radical (unpaired) electrons. The predicted octanol–water partition coefficient (Wildman–Crippen LogP) is 7.69. The van der Waals surface area contributed by atoms with E-state index in [1.807, 2.05) is 84.9 Å². The van der Waals surface area contributed by atoms with Crippen molar-refractivity contribution in [3.8, 4) is 6.07 Å². The van der Waals surface area contributed by atoms with Gasteiger partial charge in [0.1, 0.15) is 30.4 Å². The number of halogens is 1. The van der Waals surface area contributed by atoms with Crippen LogP contribution in [-0.2, 0) is 41.5 Å². The van der Waals surface area contributed by atoms with Crippen molar-refractivity contribution >= 4 is 40.4 Å². The summed E-state index contributed by atoms with van der Waals surface area (Å²) in [5.41, 5.74) is 1.67. The third-order valence-corrected chi connectivity index (χ3v) is 13.4. The Kier molecular flexibility index (Phi) is 10.0. The van der Waals surface area contributed by atoms with Crippen molar-refractivity contribution in [3.63, 3.8) is 0 Å². The summed E-state index contributed by atoms with van der Waals surface area (Å²) in [4.78, 5) is 14.7.